The molecule has 0 aromatic carbocycles. The summed E-state index contributed by atoms with van der Waals surface area (Å²) in [5, 5.41) is 7.98. The maximum atomic E-state index is 12.0. The minimum absolute atomic E-state index is 0.215. The maximum absolute atomic E-state index is 12.0. The fourth-order valence-corrected chi connectivity index (χ4v) is 2.70. The summed E-state index contributed by atoms with van der Waals surface area (Å²) in [7, 11) is 1.95. The van der Waals surface area contributed by atoms with Crippen molar-refractivity contribution in [3.63, 3.8) is 0 Å². The maximum Gasteiger partial charge on any atom is 0.410 e. The van der Waals surface area contributed by atoms with Gasteiger partial charge in [0.1, 0.15) is 5.60 Å². The molecule has 1 aromatic heterocycles. The van der Waals surface area contributed by atoms with E-state index in [1.807, 2.05) is 32.5 Å². The molecule has 1 fully saturated rings. The number of nitrogens with one attached hydrogen (secondary N) is 1. The molecule has 124 valence electrons. The van der Waals surface area contributed by atoms with E-state index in [4.69, 9.17) is 4.74 Å². The van der Waals surface area contributed by atoms with Gasteiger partial charge in [0.15, 0.2) is 0 Å². The molecule has 2 heterocycles. The smallest absolute Gasteiger partial charge is 0.410 e. The van der Waals surface area contributed by atoms with E-state index in [1.165, 1.54) is 5.56 Å². The lowest BCUT2D eigenvalue weighted by atomic mass is 10.2. The lowest BCUT2D eigenvalue weighted by Crippen LogP contribution is -2.38. The molecule has 1 aromatic rings. The summed E-state index contributed by atoms with van der Waals surface area (Å²) in [4.78, 5) is 13.8. The Hall–Kier alpha value is -1.56. The van der Waals surface area contributed by atoms with Crippen molar-refractivity contribution in [3.8, 4) is 0 Å². The normalized spacial score (nSPS) is 18.8. The van der Waals surface area contributed by atoms with Gasteiger partial charge in [-0.1, -0.05) is 6.92 Å². The average molecular weight is 308 g/mol. The van der Waals surface area contributed by atoms with Crippen molar-refractivity contribution in [1.82, 2.24) is 20.0 Å². The summed E-state index contributed by atoms with van der Waals surface area (Å²) in [5.74, 6) is 0. The molecule has 1 saturated heterocycles. The van der Waals surface area contributed by atoms with Crippen molar-refractivity contribution in [2.24, 2.45) is 7.05 Å². The zero-order valence-electron chi connectivity index (χ0n) is 14.3. The van der Waals surface area contributed by atoms with Crippen molar-refractivity contribution in [2.45, 2.75) is 58.7 Å². The second kappa shape index (κ2) is 6.69. The van der Waals surface area contributed by atoms with Gasteiger partial charge in [0, 0.05) is 44.5 Å². The topological polar surface area (TPSA) is 59.4 Å². The molecule has 0 radical (unpaired) electrons. The fraction of sp³-hybridized carbons (Fsp3) is 0.750. The average Bonchev–Trinajstić information content (AvgIpc) is 3.00. The van der Waals surface area contributed by atoms with Crippen LogP contribution in [0.5, 0.6) is 0 Å². The molecule has 0 aliphatic carbocycles. The highest BCUT2D eigenvalue weighted by atomic mass is 16.6. The first kappa shape index (κ1) is 16.8. The molecule has 6 heteroatoms. The van der Waals surface area contributed by atoms with Crippen molar-refractivity contribution < 1.29 is 9.53 Å². The second-order valence-electron chi connectivity index (χ2n) is 6.92. The third-order valence-corrected chi connectivity index (χ3v) is 3.75. The van der Waals surface area contributed by atoms with Gasteiger partial charge in [0.05, 0.1) is 5.69 Å². The van der Waals surface area contributed by atoms with Gasteiger partial charge in [0.2, 0.25) is 0 Å². The summed E-state index contributed by atoms with van der Waals surface area (Å²) in [6, 6.07) is 0.317. The van der Waals surface area contributed by atoms with Gasteiger partial charge in [-0.15, -0.1) is 0 Å². The van der Waals surface area contributed by atoms with Crippen LogP contribution in [0.2, 0.25) is 0 Å². The molecule has 1 unspecified atom stereocenters. The first-order valence-electron chi connectivity index (χ1n) is 8.01. The molecule has 22 heavy (non-hydrogen) atoms. The number of aryl methyl sites for hydroxylation is 2. The van der Waals surface area contributed by atoms with Gasteiger partial charge in [-0.25, -0.2) is 4.79 Å². The Bertz CT molecular complexity index is 519. The molecular weight excluding hydrogens is 280 g/mol. The third-order valence-electron chi connectivity index (χ3n) is 3.75. The predicted octanol–water partition coefficient (Wildman–Crippen LogP) is 2.08. The lowest BCUT2D eigenvalue weighted by Gasteiger charge is -2.24. The van der Waals surface area contributed by atoms with Gasteiger partial charge < -0.3 is 15.0 Å². The highest BCUT2D eigenvalue weighted by Crippen LogP contribution is 2.16. The number of carbonyl (C=O) groups is 1. The zero-order chi connectivity index (χ0) is 16.3. The zero-order valence-corrected chi connectivity index (χ0v) is 14.3. The Labute approximate surface area is 132 Å². The Morgan fingerprint density at radius 3 is 2.86 bits per heavy atom. The number of carbonyl (C=O) groups excluding carboxylic acids is 1. The van der Waals surface area contributed by atoms with Crippen LogP contribution in [0, 0.1) is 0 Å². The summed E-state index contributed by atoms with van der Waals surface area (Å²) >= 11 is 0. The molecular formula is C16H28N4O2. The second-order valence-corrected chi connectivity index (χ2v) is 6.92. The summed E-state index contributed by atoms with van der Waals surface area (Å²) in [5.41, 5.74) is 1.94. The van der Waals surface area contributed by atoms with Crippen LogP contribution in [0.3, 0.4) is 0 Å². The number of aromatic nitrogens is 2. The Morgan fingerprint density at radius 1 is 1.50 bits per heavy atom. The van der Waals surface area contributed by atoms with Crippen LogP contribution in [0.25, 0.3) is 0 Å². The van der Waals surface area contributed by atoms with Crippen LogP contribution < -0.4 is 5.32 Å². The van der Waals surface area contributed by atoms with Crippen LogP contribution in [-0.4, -0.2) is 45.5 Å². The van der Waals surface area contributed by atoms with Crippen molar-refractivity contribution in [1.29, 1.82) is 0 Å². The van der Waals surface area contributed by atoms with Crippen LogP contribution in [0.4, 0.5) is 4.79 Å². The molecule has 1 N–H and O–H groups in total. The number of hydrogen-bond acceptors (Lipinski definition) is 4. The Kier molecular flexibility index (Phi) is 5.11. The largest absolute Gasteiger partial charge is 0.444 e. The Morgan fingerprint density at radius 2 is 2.23 bits per heavy atom. The van der Waals surface area contributed by atoms with E-state index >= 15 is 0 Å². The van der Waals surface area contributed by atoms with E-state index in [0.717, 1.165) is 31.6 Å². The molecule has 0 bridgehead atoms. The molecule has 1 amide bonds. The van der Waals surface area contributed by atoms with Crippen molar-refractivity contribution in [2.75, 3.05) is 13.1 Å². The first-order chi connectivity index (χ1) is 10.3. The molecule has 2 rings (SSSR count). The number of amides is 1. The minimum atomic E-state index is -0.436. The van der Waals surface area contributed by atoms with Crippen molar-refractivity contribution in [3.05, 3.63) is 17.5 Å². The quantitative estimate of drug-likeness (QED) is 0.925. The van der Waals surface area contributed by atoms with E-state index < -0.39 is 5.60 Å². The molecule has 1 aliphatic heterocycles. The molecule has 0 saturated carbocycles. The SMILES string of the molecule is CCc1nn(C)cc1CNC1CCN(C(=O)OC(C)(C)C)C1. The molecule has 1 atom stereocenters. The molecule has 0 spiro atoms. The van der Waals surface area contributed by atoms with Gasteiger partial charge in [-0.2, -0.15) is 5.10 Å². The van der Waals surface area contributed by atoms with Crippen molar-refractivity contribution >= 4 is 6.09 Å². The van der Waals surface area contributed by atoms with Crippen LogP contribution in [0.1, 0.15) is 45.4 Å². The predicted molar refractivity (Wildman–Crippen MR) is 85.6 cm³/mol. The highest BCUT2D eigenvalue weighted by molar-refractivity contribution is 5.68. The lowest BCUT2D eigenvalue weighted by molar-refractivity contribution is 0.0291. The fourth-order valence-electron chi connectivity index (χ4n) is 2.70. The summed E-state index contributed by atoms with van der Waals surface area (Å²) in [6.45, 7) is 10.1. The van der Waals surface area contributed by atoms with Gasteiger partial charge >= 0.3 is 6.09 Å². The van der Waals surface area contributed by atoms with E-state index in [2.05, 4.69) is 23.5 Å². The van der Waals surface area contributed by atoms with E-state index in [1.54, 1.807) is 4.90 Å². The minimum Gasteiger partial charge on any atom is -0.444 e. The van der Waals surface area contributed by atoms with Gasteiger partial charge in [0.25, 0.3) is 0 Å². The van der Waals surface area contributed by atoms with E-state index in [0.29, 0.717) is 12.6 Å². The monoisotopic (exact) mass is 308 g/mol. The molecule has 6 nitrogen and oxygen atoms in total. The van der Waals surface area contributed by atoms with Gasteiger partial charge in [-0.05, 0) is 33.6 Å². The third kappa shape index (κ3) is 4.47. The number of nitrogens with zero attached hydrogens (tertiary/aromatic N) is 3. The van der Waals surface area contributed by atoms with E-state index in [-0.39, 0.29) is 6.09 Å². The van der Waals surface area contributed by atoms with Crippen LogP contribution in [0.15, 0.2) is 6.20 Å². The van der Waals surface area contributed by atoms with Gasteiger partial charge in [-0.3, -0.25) is 4.68 Å². The summed E-state index contributed by atoms with van der Waals surface area (Å²) in [6.07, 6.45) is 3.74. The standard InChI is InChI=1S/C16H28N4O2/c1-6-14-12(10-19(5)18-14)9-17-13-7-8-20(11-13)15(21)22-16(2,3)4/h10,13,17H,6-9,11H2,1-5H3. The Balaban J connectivity index is 1.82. The van der Waals surface area contributed by atoms with Crippen LogP contribution in [-0.2, 0) is 24.8 Å². The number of hydrogen-bond donors (Lipinski definition) is 1. The number of rotatable bonds is 4. The molecule has 1 aliphatic rings. The number of ether oxygens (including phenoxy) is 1. The van der Waals surface area contributed by atoms with Crippen LogP contribution >= 0.6 is 0 Å². The highest BCUT2D eigenvalue weighted by Gasteiger charge is 2.29. The van der Waals surface area contributed by atoms with E-state index in [9.17, 15) is 4.79 Å². The first-order valence-corrected chi connectivity index (χ1v) is 8.01. The summed E-state index contributed by atoms with van der Waals surface area (Å²) < 4.78 is 7.28. The number of likely N-dealkylation sites (tertiary alicyclic amines) is 1.